The number of rotatable bonds is 3. The lowest BCUT2D eigenvalue weighted by Crippen LogP contribution is -1.94. The number of hydrogen-bond acceptors (Lipinski definition) is 0. The maximum atomic E-state index is 2.36. The van der Waals surface area contributed by atoms with Gasteiger partial charge in [-0.15, -0.1) is 0 Å². The Balaban J connectivity index is 0.00000158. The fourth-order valence-corrected chi connectivity index (χ4v) is 5.68. The second-order valence-electron chi connectivity index (χ2n) is 10.1. The molecule has 198 valence electrons. The summed E-state index contributed by atoms with van der Waals surface area (Å²) in [6, 6.07) is 33.6. The van der Waals surface area contributed by atoms with Gasteiger partial charge in [-0.2, -0.15) is 0 Å². The summed E-state index contributed by atoms with van der Waals surface area (Å²) in [7, 11) is 0. The summed E-state index contributed by atoms with van der Waals surface area (Å²) in [4.78, 5) is 0. The van der Waals surface area contributed by atoms with Crippen LogP contribution in [0.15, 0.2) is 144 Å². The third-order valence-electron chi connectivity index (χ3n) is 7.71. The Hall–Kier alpha value is -4.42. The van der Waals surface area contributed by atoms with Gasteiger partial charge in [-0.1, -0.05) is 123 Å². The molecule has 0 N–H and O–H groups in total. The molecule has 0 saturated carbocycles. The van der Waals surface area contributed by atoms with Crippen LogP contribution in [0.5, 0.6) is 0 Å². The minimum Gasteiger partial charge on any atom is -0.0871 e. The highest BCUT2D eigenvalue weighted by atomic mass is 14.2. The summed E-state index contributed by atoms with van der Waals surface area (Å²) >= 11 is 0. The lowest BCUT2D eigenvalue weighted by atomic mass is 9.89. The Bertz CT molecular complexity index is 1850. The highest BCUT2D eigenvalue weighted by molar-refractivity contribution is 6.14. The van der Waals surface area contributed by atoms with Gasteiger partial charge in [0.05, 0.1) is 0 Å². The molecule has 0 aromatic heterocycles. The van der Waals surface area contributed by atoms with Crippen LogP contribution in [0, 0.1) is 0 Å². The molecule has 0 heterocycles. The number of allylic oxidation sites excluding steroid dienone is 10. The van der Waals surface area contributed by atoms with Crippen molar-refractivity contribution in [2.45, 2.75) is 41.0 Å². The van der Waals surface area contributed by atoms with Gasteiger partial charge in [-0.3, -0.25) is 0 Å². The molecule has 6 rings (SSSR count). The van der Waals surface area contributed by atoms with Crippen LogP contribution < -0.4 is 0 Å². The van der Waals surface area contributed by atoms with Crippen LogP contribution in [0.1, 0.15) is 46.6 Å². The van der Waals surface area contributed by atoms with Crippen molar-refractivity contribution >= 4 is 37.9 Å². The molecule has 5 aromatic rings. The molecule has 0 unspecified atom stereocenters. The fourth-order valence-electron chi connectivity index (χ4n) is 5.68. The van der Waals surface area contributed by atoms with Crippen molar-refractivity contribution in [3.63, 3.8) is 0 Å². The maximum absolute atomic E-state index is 2.36. The molecule has 0 amide bonds. The molecular formula is C40H38. The van der Waals surface area contributed by atoms with Crippen molar-refractivity contribution in [1.29, 1.82) is 0 Å². The zero-order valence-electron chi connectivity index (χ0n) is 24.3. The van der Waals surface area contributed by atoms with Crippen LogP contribution in [0.2, 0.25) is 0 Å². The predicted molar refractivity (Wildman–Crippen MR) is 179 cm³/mol. The average molecular weight is 519 g/mol. The highest BCUT2D eigenvalue weighted by Crippen LogP contribution is 2.37. The molecule has 0 aliphatic heterocycles. The summed E-state index contributed by atoms with van der Waals surface area (Å²) in [6.45, 7) is 10.5. The molecule has 0 bridgehead atoms. The summed E-state index contributed by atoms with van der Waals surface area (Å²) in [5, 5.41) is 7.69. The third-order valence-corrected chi connectivity index (χ3v) is 7.71. The van der Waals surface area contributed by atoms with Crippen molar-refractivity contribution in [3.05, 3.63) is 150 Å². The second kappa shape index (κ2) is 12.2. The Labute approximate surface area is 239 Å². The van der Waals surface area contributed by atoms with Gasteiger partial charge in [0.1, 0.15) is 0 Å². The van der Waals surface area contributed by atoms with E-state index in [1.807, 2.05) is 13.8 Å². The molecule has 1 aliphatic rings. The Morgan fingerprint density at radius 1 is 0.650 bits per heavy atom. The standard InChI is InChI=1S/C38H32.C2H6/c1-4-11-29-24-37(27(5-2)14-10-12-26(29)3)31-20-18-28-19-21-32(23-33(28)22-31)38-25-30-13-6-7-15-34(30)35-16-8-9-17-36(35)38;1-2/h4-11,13-25H,12H2,1-3H3;1-2H3/b11-4-,14-10-,27-5+,29-26-,37-24+;. The lowest BCUT2D eigenvalue weighted by Gasteiger charge is -2.16. The SMILES string of the molecule is CC.C\C=C/C1=C(\C)C\C=C/C(=C\C)C(/c2ccc3ccc(-c4cc5ccccc5c5ccccc45)cc3c2)=C\1. The van der Waals surface area contributed by atoms with Crippen molar-refractivity contribution in [2.24, 2.45) is 0 Å². The van der Waals surface area contributed by atoms with Crippen molar-refractivity contribution in [3.8, 4) is 11.1 Å². The molecular weight excluding hydrogens is 480 g/mol. The zero-order valence-corrected chi connectivity index (χ0v) is 24.3. The van der Waals surface area contributed by atoms with E-state index in [2.05, 4.69) is 148 Å². The molecule has 0 atom stereocenters. The van der Waals surface area contributed by atoms with Crippen molar-refractivity contribution < 1.29 is 0 Å². The van der Waals surface area contributed by atoms with E-state index in [9.17, 15) is 0 Å². The summed E-state index contributed by atoms with van der Waals surface area (Å²) in [5.41, 5.74) is 8.98. The first-order valence-corrected chi connectivity index (χ1v) is 14.5. The van der Waals surface area contributed by atoms with Gasteiger partial charge in [-0.05, 0) is 117 Å². The average Bonchev–Trinajstić information content (AvgIpc) is 3.01. The maximum Gasteiger partial charge on any atom is -0.00988 e. The number of fused-ring (bicyclic) bond motifs is 4. The second-order valence-corrected chi connectivity index (χ2v) is 10.1. The Kier molecular flexibility index (Phi) is 8.27. The van der Waals surface area contributed by atoms with E-state index in [1.54, 1.807) is 0 Å². The van der Waals surface area contributed by atoms with E-state index in [4.69, 9.17) is 0 Å². The van der Waals surface area contributed by atoms with Crippen LogP contribution in [0.3, 0.4) is 0 Å². The topological polar surface area (TPSA) is 0 Å². The first kappa shape index (κ1) is 27.2. The van der Waals surface area contributed by atoms with E-state index in [1.165, 1.54) is 71.3 Å². The molecule has 0 nitrogen and oxygen atoms in total. The molecule has 0 fully saturated rings. The molecule has 0 radical (unpaired) electrons. The normalized spacial score (nSPS) is 18.8. The third kappa shape index (κ3) is 5.23. The molecule has 0 heteroatoms. The van der Waals surface area contributed by atoms with Crippen molar-refractivity contribution in [1.82, 2.24) is 0 Å². The van der Waals surface area contributed by atoms with E-state index < -0.39 is 0 Å². The van der Waals surface area contributed by atoms with Gasteiger partial charge in [0.15, 0.2) is 0 Å². The van der Waals surface area contributed by atoms with E-state index in [-0.39, 0.29) is 0 Å². The zero-order chi connectivity index (χ0) is 28.1. The summed E-state index contributed by atoms with van der Waals surface area (Å²) in [5.74, 6) is 0. The van der Waals surface area contributed by atoms with E-state index in [0.29, 0.717) is 0 Å². The number of hydrogen-bond donors (Lipinski definition) is 0. The van der Waals surface area contributed by atoms with Gasteiger partial charge in [0, 0.05) is 0 Å². The molecule has 40 heavy (non-hydrogen) atoms. The summed E-state index contributed by atoms with van der Waals surface area (Å²) in [6.07, 6.45) is 14.5. The molecule has 0 saturated heterocycles. The molecule has 0 spiro atoms. The first-order valence-electron chi connectivity index (χ1n) is 14.5. The van der Waals surface area contributed by atoms with Crippen LogP contribution in [-0.2, 0) is 0 Å². The predicted octanol–water partition coefficient (Wildman–Crippen LogP) is 12.0. The van der Waals surface area contributed by atoms with E-state index in [0.717, 1.165) is 6.42 Å². The van der Waals surface area contributed by atoms with Crippen LogP contribution in [-0.4, -0.2) is 0 Å². The smallest absolute Gasteiger partial charge is 0.00988 e. The van der Waals surface area contributed by atoms with Crippen LogP contribution >= 0.6 is 0 Å². The van der Waals surface area contributed by atoms with Gasteiger partial charge in [0.2, 0.25) is 0 Å². The Morgan fingerprint density at radius 2 is 1.32 bits per heavy atom. The quantitative estimate of drug-likeness (QED) is 0.208. The van der Waals surface area contributed by atoms with Crippen LogP contribution in [0.25, 0.3) is 49.0 Å². The van der Waals surface area contributed by atoms with E-state index >= 15 is 0 Å². The minimum absolute atomic E-state index is 0.974. The van der Waals surface area contributed by atoms with Gasteiger partial charge >= 0.3 is 0 Å². The highest BCUT2D eigenvalue weighted by Gasteiger charge is 2.12. The van der Waals surface area contributed by atoms with Crippen molar-refractivity contribution in [2.75, 3.05) is 0 Å². The summed E-state index contributed by atoms with van der Waals surface area (Å²) < 4.78 is 0. The largest absolute Gasteiger partial charge is 0.0871 e. The van der Waals surface area contributed by atoms with Gasteiger partial charge < -0.3 is 0 Å². The molecule has 5 aromatic carbocycles. The van der Waals surface area contributed by atoms with Gasteiger partial charge in [-0.25, -0.2) is 0 Å². The lowest BCUT2D eigenvalue weighted by molar-refractivity contribution is 1.18. The minimum atomic E-state index is 0.974. The number of benzene rings is 5. The van der Waals surface area contributed by atoms with Crippen LogP contribution in [0.4, 0.5) is 0 Å². The fraction of sp³-hybridized carbons (Fsp3) is 0.150. The monoisotopic (exact) mass is 518 g/mol. The van der Waals surface area contributed by atoms with Gasteiger partial charge in [0.25, 0.3) is 0 Å². The first-order chi connectivity index (χ1) is 19.7. The molecule has 1 aliphatic carbocycles. The Morgan fingerprint density at radius 3 is 2.08 bits per heavy atom.